The number of rotatable bonds is 8. The molecular formula is C23H26NO6-. The molecule has 2 aromatic carbocycles. The minimum Gasteiger partial charge on any atom is -0.550 e. The number of carboxylic acids is 1. The standard InChI is InChI=1S/C23H27NO6/c1-23(2,3)30-22(28)24-19(13-16-7-5-4-6-8-16)21(27)29-15-18-11-9-17(10-12-18)14-20(25)26/h4-12,19H,13-15H2,1-3H3,(H,24,28)(H,25,26)/p-1/t19-/m0/s1. The molecular weight excluding hydrogens is 386 g/mol. The van der Waals surface area contributed by atoms with Crippen LogP contribution in [0.3, 0.4) is 0 Å². The van der Waals surface area contributed by atoms with E-state index in [0.29, 0.717) is 11.1 Å². The van der Waals surface area contributed by atoms with Gasteiger partial charge in [-0.25, -0.2) is 9.59 Å². The number of hydrogen-bond acceptors (Lipinski definition) is 6. The van der Waals surface area contributed by atoms with E-state index in [2.05, 4.69) is 5.32 Å². The van der Waals surface area contributed by atoms with E-state index in [1.807, 2.05) is 30.3 Å². The molecule has 2 rings (SSSR count). The SMILES string of the molecule is CC(C)(C)OC(=O)N[C@@H](Cc1ccccc1)C(=O)OCc1ccc(CC(=O)[O-])cc1. The van der Waals surface area contributed by atoms with E-state index in [1.54, 1.807) is 45.0 Å². The lowest BCUT2D eigenvalue weighted by Gasteiger charge is -2.23. The number of carbonyl (C=O) groups is 3. The Morgan fingerprint density at radius 2 is 1.53 bits per heavy atom. The van der Waals surface area contributed by atoms with Gasteiger partial charge in [-0.1, -0.05) is 54.6 Å². The van der Waals surface area contributed by atoms with Crippen LogP contribution in [0.4, 0.5) is 4.79 Å². The highest BCUT2D eigenvalue weighted by atomic mass is 16.6. The summed E-state index contributed by atoms with van der Waals surface area (Å²) in [5, 5.41) is 13.2. The molecule has 30 heavy (non-hydrogen) atoms. The molecule has 0 saturated carbocycles. The van der Waals surface area contributed by atoms with Gasteiger partial charge in [-0.05, 0) is 37.5 Å². The summed E-state index contributed by atoms with van der Waals surface area (Å²) in [5.74, 6) is -1.75. The van der Waals surface area contributed by atoms with E-state index in [4.69, 9.17) is 9.47 Å². The summed E-state index contributed by atoms with van der Waals surface area (Å²) in [6, 6.07) is 15.0. The lowest BCUT2D eigenvalue weighted by Crippen LogP contribution is -2.45. The van der Waals surface area contributed by atoms with Gasteiger partial charge in [0.05, 0.1) is 0 Å². The summed E-state index contributed by atoms with van der Waals surface area (Å²) in [6.07, 6.45) is -0.630. The number of ether oxygens (including phenoxy) is 2. The molecule has 0 fully saturated rings. The number of esters is 1. The molecule has 0 bridgehead atoms. The number of hydrogen-bond donors (Lipinski definition) is 1. The Hall–Kier alpha value is -3.35. The van der Waals surface area contributed by atoms with Gasteiger partial charge in [-0.2, -0.15) is 0 Å². The van der Waals surface area contributed by atoms with E-state index in [-0.39, 0.29) is 19.4 Å². The van der Waals surface area contributed by atoms with Crippen LogP contribution < -0.4 is 10.4 Å². The van der Waals surface area contributed by atoms with Crippen molar-refractivity contribution in [3.63, 3.8) is 0 Å². The first-order chi connectivity index (χ1) is 14.1. The van der Waals surface area contributed by atoms with Gasteiger partial charge in [0, 0.05) is 18.8 Å². The summed E-state index contributed by atoms with van der Waals surface area (Å²) < 4.78 is 10.6. The second-order valence-electron chi connectivity index (χ2n) is 7.86. The summed E-state index contributed by atoms with van der Waals surface area (Å²) >= 11 is 0. The highest BCUT2D eigenvalue weighted by Gasteiger charge is 2.26. The van der Waals surface area contributed by atoms with Crippen molar-refractivity contribution < 1.29 is 29.0 Å². The normalized spacial score (nSPS) is 12.0. The maximum atomic E-state index is 12.7. The molecule has 1 N–H and O–H groups in total. The quantitative estimate of drug-likeness (QED) is 0.666. The van der Waals surface area contributed by atoms with E-state index in [9.17, 15) is 19.5 Å². The first-order valence-corrected chi connectivity index (χ1v) is 9.60. The fourth-order valence-corrected chi connectivity index (χ4v) is 2.67. The van der Waals surface area contributed by atoms with E-state index in [0.717, 1.165) is 5.56 Å². The molecule has 0 heterocycles. The second kappa shape index (κ2) is 10.4. The van der Waals surface area contributed by atoms with Crippen LogP contribution in [0.15, 0.2) is 54.6 Å². The van der Waals surface area contributed by atoms with Crippen molar-refractivity contribution in [1.82, 2.24) is 5.32 Å². The van der Waals surface area contributed by atoms with Gasteiger partial charge >= 0.3 is 12.1 Å². The average Bonchev–Trinajstić information content (AvgIpc) is 2.65. The maximum absolute atomic E-state index is 12.7. The highest BCUT2D eigenvalue weighted by molar-refractivity contribution is 5.81. The predicted octanol–water partition coefficient (Wildman–Crippen LogP) is 2.16. The van der Waals surface area contributed by atoms with Crippen LogP contribution >= 0.6 is 0 Å². The van der Waals surface area contributed by atoms with Gasteiger partial charge in [-0.15, -0.1) is 0 Å². The predicted molar refractivity (Wildman–Crippen MR) is 108 cm³/mol. The highest BCUT2D eigenvalue weighted by Crippen LogP contribution is 2.11. The minimum absolute atomic E-state index is 0.00821. The van der Waals surface area contributed by atoms with Gasteiger partial charge in [0.1, 0.15) is 18.2 Å². The lowest BCUT2D eigenvalue weighted by molar-refractivity contribution is -0.304. The number of benzene rings is 2. The Kier molecular flexibility index (Phi) is 7.98. The molecule has 1 atom stereocenters. The molecule has 0 saturated heterocycles. The minimum atomic E-state index is -1.16. The topological polar surface area (TPSA) is 105 Å². The van der Waals surface area contributed by atoms with Crippen molar-refractivity contribution in [3.8, 4) is 0 Å². The number of aliphatic carboxylic acids is 1. The van der Waals surface area contributed by atoms with Gasteiger partial charge in [0.15, 0.2) is 0 Å². The van der Waals surface area contributed by atoms with Crippen molar-refractivity contribution in [2.75, 3.05) is 0 Å². The Balaban J connectivity index is 2.02. The molecule has 2 aromatic rings. The second-order valence-corrected chi connectivity index (χ2v) is 7.86. The molecule has 0 aromatic heterocycles. The number of nitrogens with one attached hydrogen (secondary N) is 1. The molecule has 0 radical (unpaired) electrons. The van der Waals surface area contributed by atoms with Crippen molar-refractivity contribution >= 4 is 18.0 Å². The van der Waals surface area contributed by atoms with Gasteiger partial charge in [0.25, 0.3) is 0 Å². The molecule has 0 aliphatic heterocycles. The lowest BCUT2D eigenvalue weighted by atomic mass is 10.1. The number of carbonyl (C=O) groups excluding carboxylic acids is 3. The number of amides is 1. The van der Waals surface area contributed by atoms with Crippen LogP contribution in [0, 0.1) is 0 Å². The van der Waals surface area contributed by atoms with Crippen molar-refractivity contribution in [2.24, 2.45) is 0 Å². The largest absolute Gasteiger partial charge is 0.550 e. The summed E-state index contributed by atoms with van der Waals surface area (Å²) in [6.45, 7) is 5.20. The molecule has 0 aliphatic rings. The third kappa shape index (κ3) is 8.34. The summed E-state index contributed by atoms with van der Waals surface area (Å²) in [4.78, 5) is 35.5. The molecule has 0 unspecified atom stereocenters. The van der Waals surface area contributed by atoms with Crippen molar-refractivity contribution in [1.29, 1.82) is 0 Å². The fraction of sp³-hybridized carbons (Fsp3) is 0.348. The monoisotopic (exact) mass is 412 g/mol. The summed E-state index contributed by atoms with van der Waals surface area (Å²) in [7, 11) is 0. The third-order valence-corrected chi connectivity index (χ3v) is 4.01. The first kappa shape index (κ1) is 22.9. The van der Waals surface area contributed by atoms with Crippen LogP contribution in [0.25, 0.3) is 0 Å². The van der Waals surface area contributed by atoms with E-state index in [1.165, 1.54) is 0 Å². The van der Waals surface area contributed by atoms with Crippen LogP contribution in [0.2, 0.25) is 0 Å². The van der Waals surface area contributed by atoms with Crippen LogP contribution in [0.5, 0.6) is 0 Å². The molecule has 160 valence electrons. The fourth-order valence-electron chi connectivity index (χ4n) is 2.67. The Bertz CT molecular complexity index is 856. The first-order valence-electron chi connectivity index (χ1n) is 9.60. The van der Waals surface area contributed by atoms with Gasteiger partial charge < -0.3 is 24.7 Å². The van der Waals surface area contributed by atoms with Gasteiger partial charge in [0.2, 0.25) is 0 Å². The average molecular weight is 412 g/mol. The molecule has 0 spiro atoms. The van der Waals surface area contributed by atoms with Crippen molar-refractivity contribution in [2.45, 2.75) is 51.9 Å². The Labute approximate surface area is 176 Å². The third-order valence-electron chi connectivity index (χ3n) is 4.01. The zero-order valence-electron chi connectivity index (χ0n) is 17.3. The van der Waals surface area contributed by atoms with E-state index >= 15 is 0 Å². The summed E-state index contributed by atoms with van der Waals surface area (Å²) in [5.41, 5.74) is 1.46. The van der Waals surface area contributed by atoms with Crippen LogP contribution in [-0.4, -0.2) is 29.7 Å². The van der Waals surface area contributed by atoms with Crippen LogP contribution in [0.1, 0.15) is 37.5 Å². The molecule has 7 heteroatoms. The molecule has 7 nitrogen and oxygen atoms in total. The van der Waals surface area contributed by atoms with Crippen molar-refractivity contribution in [3.05, 3.63) is 71.3 Å². The zero-order valence-corrected chi connectivity index (χ0v) is 17.3. The van der Waals surface area contributed by atoms with E-state index < -0.39 is 29.7 Å². The maximum Gasteiger partial charge on any atom is 0.408 e. The Morgan fingerprint density at radius 3 is 2.10 bits per heavy atom. The molecule has 1 amide bonds. The number of carboxylic acid groups (broad SMARTS) is 1. The Morgan fingerprint density at radius 1 is 0.933 bits per heavy atom. The number of alkyl carbamates (subject to hydrolysis) is 1. The van der Waals surface area contributed by atoms with Gasteiger partial charge in [-0.3, -0.25) is 0 Å². The zero-order chi connectivity index (χ0) is 22.1. The molecule has 0 aliphatic carbocycles. The van der Waals surface area contributed by atoms with Crippen LogP contribution in [-0.2, 0) is 38.5 Å². The smallest absolute Gasteiger partial charge is 0.408 e.